The van der Waals surface area contributed by atoms with Crippen LogP contribution in [0.2, 0.25) is 0 Å². The fourth-order valence-electron chi connectivity index (χ4n) is 3.06. The van der Waals surface area contributed by atoms with Crippen LogP contribution < -0.4 is 5.32 Å². The summed E-state index contributed by atoms with van der Waals surface area (Å²) in [5.41, 5.74) is 2.89. The average Bonchev–Trinajstić information content (AvgIpc) is 2.80. The van der Waals surface area contributed by atoms with Crippen LogP contribution >= 0.6 is 0 Å². The number of piperidine rings is 1. The predicted molar refractivity (Wildman–Crippen MR) is 74.2 cm³/mol. The van der Waals surface area contributed by atoms with Gasteiger partial charge in [0.1, 0.15) is 5.52 Å². The Balaban J connectivity index is 1.91. The average molecular weight is 260 g/mol. The zero-order chi connectivity index (χ0) is 13.2. The second-order valence-electron chi connectivity index (χ2n) is 5.34. The fourth-order valence-corrected chi connectivity index (χ4v) is 3.06. The van der Waals surface area contributed by atoms with Crippen molar-refractivity contribution in [2.24, 2.45) is 5.92 Å². The van der Waals surface area contributed by atoms with Gasteiger partial charge >= 0.3 is 0 Å². The molecule has 1 aliphatic heterocycles. The van der Waals surface area contributed by atoms with Crippen LogP contribution in [-0.4, -0.2) is 29.8 Å². The molecule has 2 N–H and O–H groups in total. The van der Waals surface area contributed by atoms with Crippen LogP contribution in [0.15, 0.2) is 22.6 Å². The van der Waals surface area contributed by atoms with E-state index >= 15 is 0 Å². The summed E-state index contributed by atoms with van der Waals surface area (Å²) in [5.74, 6) is 1.45. The minimum atomic E-state index is 0.201. The van der Waals surface area contributed by atoms with Gasteiger partial charge in [-0.05, 0) is 49.5 Å². The first-order chi connectivity index (χ1) is 9.28. The van der Waals surface area contributed by atoms with Gasteiger partial charge in [-0.25, -0.2) is 4.98 Å². The number of hydrogen-bond acceptors (Lipinski definition) is 4. The monoisotopic (exact) mass is 260 g/mol. The molecule has 0 radical (unpaired) electrons. The number of benzene rings is 1. The molecule has 2 heterocycles. The standard InChI is InChI=1S/C15H20N2O2/c1-10-17-14-8-12(2-3-15(14)19-10)13(9-18)11-4-6-16-7-5-11/h2-3,8,11,13,16,18H,4-7,9H2,1H3. The third kappa shape index (κ3) is 2.51. The molecular weight excluding hydrogens is 240 g/mol. The van der Waals surface area contributed by atoms with Crippen LogP contribution in [-0.2, 0) is 0 Å². The molecule has 1 saturated heterocycles. The van der Waals surface area contributed by atoms with Crippen molar-refractivity contribution in [1.29, 1.82) is 0 Å². The Hall–Kier alpha value is -1.39. The molecule has 3 rings (SSSR count). The predicted octanol–water partition coefficient (Wildman–Crippen LogP) is 2.21. The molecule has 4 nitrogen and oxygen atoms in total. The Kier molecular flexibility index (Phi) is 3.53. The second kappa shape index (κ2) is 5.31. The maximum absolute atomic E-state index is 9.74. The van der Waals surface area contributed by atoms with E-state index < -0.39 is 0 Å². The summed E-state index contributed by atoms with van der Waals surface area (Å²) in [6.07, 6.45) is 2.25. The van der Waals surface area contributed by atoms with Crippen LogP contribution in [0.25, 0.3) is 11.1 Å². The van der Waals surface area contributed by atoms with E-state index in [9.17, 15) is 5.11 Å². The SMILES string of the molecule is Cc1nc2cc(C(CO)C3CCNCC3)ccc2o1. The lowest BCUT2D eigenvalue weighted by Crippen LogP contribution is -2.32. The Morgan fingerprint density at radius 1 is 1.42 bits per heavy atom. The van der Waals surface area contributed by atoms with E-state index in [4.69, 9.17) is 4.42 Å². The first-order valence-corrected chi connectivity index (χ1v) is 6.96. The van der Waals surface area contributed by atoms with Crippen LogP contribution in [0.3, 0.4) is 0 Å². The van der Waals surface area contributed by atoms with Gasteiger partial charge in [-0.3, -0.25) is 0 Å². The highest BCUT2D eigenvalue weighted by molar-refractivity contribution is 5.73. The molecule has 1 aliphatic rings. The van der Waals surface area contributed by atoms with E-state index in [0.29, 0.717) is 11.8 Å². The highest BCUT2D eigenvalue weighted by atomic mass is 16.3. The first-order valence-electron chi connectivity index (χ1n) is 6.96. The largest absolute Gasteiger partial charge is 0.441 e. The van der Waals surface area contributed by atoms with Gasteiger partial charge in [0.05, 0.1) is 6.61 Å². The minimum absolute atomic E-state index is 0.201. The molecule has 1 atom stereocenters. The van der Waals surface area contributed by atoms with E-state index in [1.165, 1.54) is 5.56 Å². The number of nitrogens with zero attached hydrogens (tertiary/aromatic N) is 1. The summed E-state index contributed by atoms with van der Waals surface area (Å²) in [5, 5.41) is 13.1. The zero-order valence-electron chi connectivity index (χ0n) is 11.2. The van der Waals surface area contributed by atoms with Crippen molar-refractivity contribution in [3.05, 3.63) is 29.7 Å². The maximum Gasteiger partial charge on any atom is 0.192 e. The summed E-state index contributed by atoms with van der Waals surface area (Å²) in [4.78, 5) is 4.37. The molecule has 0 spiro atoms. The lowest BCUT2D eigenvalue weighted by atomic mass is 9.81. The molecule has 0 saturated carbocycles. The van der Waals surface area contributed by atoms with Crippen LogP contribution in [0.1, 0.15) is 30.2 Å². The van der Waals surface area contributed by atoms with Gasteiger partial charge in [-0.2, -0.15) is 0 Å². The molecule has 2 aromatic rings. The van der Waals surface area contributed by atoms with Gasteiger partial charge in [-0.15, -0.1) is 0 Å². The van der Waals surface area contributed by atoms with E-state index in [1.54, 1.807) is 0 Å². The molecular formula is C15H20N2O2. The number of rotatable bonds is 3. The fraction of sp³-hybridized carbons (Fsp3) is 0.533. The Morgan fingerprint density at radius 3 is 2.95 bits per heavy atom. The second-order valence-corrected chi connectivity index (χ2v) is 5.34. The highest BCUT2D eigenvalue weighted by Gasteiger charge is 2.24. The third-order valence-corrected chi connectivity index (χ3v) is 4.10. The first kappa shape index (κ1) is 12.6. The number of aliphatic hydroxyl groups excluding tert-OH is 1. The Bertz CT molecular complexity index is 558. The Labute approximate surface area is 112 Å². The molecule has 0 bridgehead atoms. The highest BCUT2D eigenvalue weighted by Crippen LogP contribution is 2.32. The van der Waals surface area contributed by atoms with Gasteiger partial charge < -0.3 is 14.8 Å². The third-order valence-electron chi connectivity index (χ3n) is 4.10. The normalized spacial score (nSPS) is 18.8. The van der Waals surface area contributed by atoms with Gasteiger partial charge in [0, 0.05) is 12.8 Å². The number of nitrogens with one attached hydrogen (secondary N) is 1. The lowest BCUT2D eigenvalue weighted by Gasteiger charge is -2.29. The van der Waals surface area contributed by atoms with E-state index in [2.05, 4.69) is 22.4 Å². The van der Waals surface area contributed by atoms with Crippen molar-refractivity contribution in [2.45, 2.75) is 25.7 Å². The summed E-state index contributed by atoms with van der Waals surface area (Å²) in [7, 11) is 0. The summed E-state index contributed by atoms with van der Waals surface area (Å²) >= 11 is 0. The summed E-state index contributed by atoms with van der Waals surface area (Å²) in [6, 6.07) is 6.10. The number of aromatic nitrogens is 1. The van der Waals surface area contributed by atoms with Crippen molar-refractivity contribution in [1.82, 2.24) is 10.3 Å². The Morgan fingerprint density at radius 2 is 2.21 bits per heavy atom. The quantitative estimate of drug-likeness (QED) is 0.888. The molecule has 4 heteroatoms. The lowest BCUT2D eigenvalue weighted by molar-refractivity contribution is 0.201. The number of aliphatic hydroxyl groups is 1. The van der Waals surface area contributed by atoms with Gasteiger partial charge in [-0.1, -0.05) is 6.07 Å². The van der Waals surface area contributed by atoms with Crippen LogP contribution in [0.4, 0.5) is 0 Å². The van der Waals surface area contributed by atoms with Gasteiger partial charge in [0.25, 0.3) is 0 Å². The number of oxazole rings is 1. The van der Waals surface area contributed by atoms with E-state index in [0.717, 1.165) is 37.0 Å². The molecule has 1 aromatic heterocycles. The minimum Gasteiger partial charge on any atom is -0.441 e. The van der Waals surface area contributed by atoms with Crippen LogP contribution in [0.5, 0.6) is 0 Å². The zero-order valence-corrected chi connectivity index (χ0v) is 11.2. The van der Waals surface area contributed by atoms with Crippen molar-refractivity contribution in [3.8, 4) is 0 Å². The van der Waals surface area contributed by atoms with E-state index in [1.807, 2.05) is 13.0 Å². The molecule has 102 valence electrons. The van der Waals surface area contributed by atoms with Gasteiger partial charge in [0.15, 0.2) is 11.5 Å². The van der Waals surface area contributed by atoms with Crippen molar-refractivity contribution < 1.29 is 9.52 Å². The topological polar surface area (TPSA) is 58.3 Å². The van der Waals surface area contributed by atoms with E-state index in [-0.39, 0.29) is 12.5 Å². The molecule has 19 heavy (non-hydrogen) atoms. The molecule has 1 fully saturated rings. The molecule has 0 amide bonds. The number of hydrogen-bond donors (Lipinski definition) is 2. The number of fused-ring (bicyclic) bond motifs is 1. The molecule has 0 aliphatic carbocycles. The summed E-state index contributed by atoms with van der Waals surface area (Å²) < 4.78 is 5.50. The molecule has 1 unspecified atom stereocenters. The van der Waals surface area contributed by atoms with Crippen LogP contribution in [0, 0.1) is 12.8 Å². The smallest absolute Gasteiger partial charge is 0.192 e. The summed E-state index contributed by atoms with van der Waals surface area (Å²) in [6.45, 7) is 4.15. The van der Waals surface area contributed by atoms with Crippen molar-refractivity contribution in [2.75, 3.05) is 19.7 Å². The van der Waals surface area contributed by atoms with Crippen molar-refractivity contribution >= 4 is 11.1 Å². The maximum atomic E-state index is 9.74. The number of aryl methyl sites for hydroxylation is 1. The van der Waals surface area contributed by atoms with Gasteiger partial charge in [0.2, 0.25) is 0 Å². The van der Waals surface area contributed by atoms with Crippen molar-refractivity contribution in [3.63, 3.8) is 0 Å². The molecule has 1 aromatic carbocycles.